The maximum Gasteiger partial charge on any atom is 0.0524 e. The van der Waals surface area contributed by atoms with Gasteiger partial charge in [0, 0.05) is 6.04 Å². The van der Waals surface area contributed by atoms with Gasteiger partial charge in [-0.3, -0.25) is 0 Å². The third-order valence-electron chi connectivity index (χ3n) is 5.18. The Morgan fingerprint density at radius 1 is 1.38 bits per heavy atom. The lowest BCUT2D eigenvalue weighted by molar-refractivity contribution is 0.103. The Bertz CT molecular complexity index is 257. The van der Waals surface area contributed by atoms with E-state index in [2.05, 4.69) is 26.1 Å². The van der Waals surface area contributed by atoms with Gasteiger partial charge in [-0.25, -0.2) is 0 Å². The molecular weight excluding hydrogens is 198 g/mol. The molecule has 2 N–H and O–H groups in total. The topological polar surface area (TPSA) is 32.3 Å². The molecular formula is C14H27NO. The first kappa shape index (κ1) is 12.4. The molecule has 4 atom stereocenters. The van der Waals surface area contributed by atoms with Crippen molar-refractivity contribution in [2.24, 2.45) is 16.7 Å². The highest BCUT2D eigenvalue weighted by Gasteiger charge is 2.58. The molecule has 0 spiro atoms. The highest BCUT2D eigenvalue weighted by atomic mass is 16.3. The molecule has 2 aliphatic rings. The maximum atomic E-state index is 9.31. The Hall–Kier alpha value is -0.0800. The highest BCUT2D eigenvalue weighted by molar-refractivity contribution is 5.11. The highest BCUT2D eigenvalue weighted by Crippen LogP contribution is 2.62. The van der Waals surface area contributed by atoms with Gasteiger partial charge in [-0.05, 0) is 55.9 Å². The molecule has 0 aromatic rings. The number of hydrogen-bond acceptors (Lipinski definition) is 2. The Morgan fingerprint density at radius 3 is 2.56 bits per heavy atom. The van der Waals surface area contributed by atoms with Crippen LogP contribution in [-0.4, -0.2) is 23.8 Å². The standard InChI is InChI=1S/C14H27NO/c1-10(16)6-8-15-12-13(2,3)11-5-7-14(12,4)9-11/h10-12,15-16H,5-9H2,1-4H3. The van der Waals surface area contributed by atoms with Crippen molar-refractivity contribution in [2.45, 2.75) is 65.5 Å². The zero-order chi connectivity index (χ0) is 12.0. The summed E-state index contributed by atoms with van der Waals surface area (Å²) in [6.45, 7) is 10.1. The summed E-state index contributed by atoms with van der Waals surface area (Å²) in [6, 6.07) is 0.637. The van der Waals surface area contributed by atoms with Crippen LogP contribution in [-0.2, 0) is 0 Å². The summed E-state index contributed by atoms with van der Waals surface area (Å²) in [6.07, 6.45) is 4.88. The largest absolute Gasteiger partial charge is 0.393 e. The molecule has 2 nitrogen and oxygen atoms in total. The Kier molecular flexibility index (Phi) is 3.09. The van der Waals surface area contributed by atoms with Gasteiger partial charge in [0.1, 0.15) is 0 Å². The maximum absolute atomic E-state index is 9.31. The quantitative estimate of drug-likeness (QED) is 0.770. The Labute approximate surface area is 99.8 Å². The third kappa shape index (κ3) is 1.91. The van der Waals surface area contributed by atoms with Gasteiger partial charge in [-0.15, -0.1) is 0 Å². The first-order valence-corrected chi connectivity index (χ1v) is 6.78. The Balaban J connectivity index is 1.97. The van der Waals surface area contributed by atoms with Gasteiger partial charge in [-0.1, -0.05) is 20.8 Å². The fraction of sp³-hybridized carbons (Fsp3) is 1.00. The molecule has 0 saturated heterocycles. The van der Waals surface area contributed by atoms with Crippen LogP contribution in [0.3, 0.4) is 0 Å². The van der Waals surface area contributed by atoms with Gasteiger partial charge in [0.05, 0.1) is 6.10 Å². The minimum absolute atomic E-state index is 0.179. The summed E-state index contributed by atoms with van der Waals surface area (Å²) in [4.78, 5) is 0. The van der Waals surface area contributed by atoms with Gasteiger partial charge in [-0.2, -0.15) is 0 Å². The number of nitrogens with one attached hydrogen (secondary N) is 1. The summed E-state index contributed by atoms with van der Waals surface area (Å²) in [7, 11) is 0. The lowest BCUT2D eigenvalue weighted by atomic mass is 9.68. The minimum Gasteiger partial charge on any atom is -0.393 e. The van der Waals surface area contributed by atoms with E-state index in [1.807, 2.05) is 6.92 Å². The van der Waals surface area contributed by atoms with Crippen molar-refractivity contribution < 1.29 is 5.11 Å². The van der Waals surface area contributed by atoms with Crippen molar-refractivity contribution in [3.05, 3.63) is 0 Å². The van der Waals surface area contributed by atoms with Crippen LogP contribution in [0, 0.1) is 16.7 Å². The normalized spacial score (nSPS) is 42.6. The van der Waals surface area contributed by atoms with E-state index in [0.717, 1.165) is 18.9 Å². The van der Waals surface area contributed by atoms with E-state index >= 15 is 0 Å². The molecule has 2 bridgehead atoms. The second-order valence-electron chi connectivity index (χ2n) is 6.94. The Morgan fingerprint density at radius 2 is 2.06 bits per heavy atom. The van der Waals surface area contributed by atoms with E-state index in [1.165, 1.54) is 19.3 Å². The number of aliphatic hydroxyl groups excluding tert-OH is 1. The summed E-state index contributed by atoms with van der Waals surface area (Å²) in [5, 5.41) is 13.0. The number of hydrogen-bond donors (Lipinski definition) is 2. The van der Waals surface area contributed by atoms with Crippen molar-refractivity contribution >= 4 is 0 Å². The second-order valence-corrected chi connectivity index (χ2v) is 6.94. The SMILES string of the molecule is CC(O)CCNC1C2(C)CCC(C2)C1(C)C. The first-order valence-electron chi connectivity index (χ1n) is 6.78. The zero-order valence-electron chi connectivity index (χ0n) is 11.2. The van der Waals surface area contributed by atoms with Crippen molar-refractivity contribution in [1.29, 1.82) is 0 Å². The average molecular weight is 225 g/mol. The number of rotatable bonds is 4. The molecule has 0 aromatic carbocycles. The molecule has 4 unspecified atom stereocenters. The van der Waals surface area contributed by atoms with E-state index in [4.69, 9.17) is 0 Å². The van der Waals surface area contributed by atoms with E-state index in [1.54, 1.807) is 0 Å². The summed E-state index contributed by atoms with van der Waals surface area (Å²) >= 11 is 0. The summed E-state index contributed by atoms with van der Waals surface area (Å²) < 4.78 is 0. The van der Waals surface area contributed by atoms with Crippen molar-refractivity contribution in [3.8, 4) is 0 Å². The molecule has 2 rings (SSSR count). The molecule has 0 aliphatic heterocycles. The second kappa shape index (κ2) is 3.99. The van der Waals surface area contributed by atoms with Crippen molar-refractivity contribution in [2.75, 3.05) is 6.54 Å². The van der Waals surface area contributed by atoms with Gasteiger partial charge in [0.2, 0.25) is 0 Å². The van der Waals surface area contributed by atoms with Gasteiger partial charge in [0.15, 0.2) is 0 Å². The zero-order valence-corrected chi connectivity index (χ0v) is 11.2. The van der Waals surface area contributed by atoms with Crippen LogP contribution < -0.4 is 5.32 Å². The molecule has 2 saturated carbocycles. The predicted molar refractivity (Wildman–Crippen MR) is 67.3 cm³/mol. The lowest BCUT2D eigenvalue weighted by Crippen LogP contribution is -2.50. The fourth-order valence-corrected chi connectivity index (χ4v) is 4.25. The molecule has 2 heteroatoms. The van der Waals surface area contributed by atoms with Crippen LogP contribution >= 0.6 is 0 Å². The minimum atomic E-state index is -0.179. The molecule has 0 heterocycles. The number of fused-ring (bicyclic) bond motifs is 2. The molecule has 2 fully saturated rings. The smallest absolute Gasteiger partial charge is 0.0524 e. The van der Waals surface area contributed by atoms with E-state index in [-0.39, 0.29) is 6.10 Å². The van der Waals surface area contributed by atoms with Crippen molar-refractivity contribution in [3.63, 3.8) is 0 Å². The molecule has 16 heavy (non-hydrogen) atoms. The van der Waals surface area contributed by atoms with Crippen LogP contribution in [0.2, 0.25) is 0 Å². The van der Waals surface area contributed by atoms with E-state index < -0.39 is 0 Å². The third-order valence-corrected chi connectivity index (χ3v) is 5.18. The van der Waals surface area contributed by atoms with E-state index in [0.29, 0.717) is 16.9 Å². The molecule has 0 radical (unpaired) electrons. The number of aliphatic hydroxyl groups is 1. The van der Waals surface area contributed by atoms with Crippen LogP contribution in [0.15, 0.2) is 0 Å². The molecule has 0 aromatic heterocycles. The molecule has 2 aliphatic carbocycles. The van der Waals surface area contributed by atoms with Gasteiger partial charge < -0.3 is 10.4 Å². The van der Waals surface area contributed by atoms with Crippen LogP contribution in [0.4, 0.5) is 0 Å². The van der Waals surface area contributed by atoms with Crippen LogP contribution in [0.1, 0.15) is 53.4 Å². The first-order chi connectivity index (χ1) is 7.36. The van der Waals surface area contributed by atoms with Gasteiger partial charge in [0.25, 0.3) is 0 Å². The summed E-state index contributed by atoms with van der Waals surface area (Å²) in [5.41, 5.74) is 0.943. The van der Waals surface area contributed by atoms with E-state index in [9.17, 15) is 5.11 Å². The summed E-state index contributed by atoms with van der Waals surface area (Å²) in [5.74, 6) is 0.904. The predicted octanol–water partition coefficient (Wildman–Crippen LogP) is 2.56. The molecule has 0 amide bonds. The monoisotopic (exact) mass is 225 g/mol. The fourth-order valence-electron chi connectivity index (χ4n) is 4.25. The molecule has 94 valence electrons. The van der Waals surface area contributed by atoms with Gasteiger partial charge >= 0.3 is 0 Å². The van der Waals surface area contributed by atoms with Crippen LogP contribution in [0.25, 0.3) is 0 Å². The lowest BCUT2D eigenvalue weighted by Gasteiger charge is -2.43. The van der Waals surface area contributed by atoms with Crippen molar-refractivity contribution in [1.82, 2.24) is 5.32 Å². The van der Waals surface area contributed by atoms with Crippen LogP contribution in [0.5, 0.6) is 0 Å². The average Bonchev–Trinajstić information content (AvgIpc) is 2.62.